The van der Waals surface area contributed by atoms with Crippen molar-refractivity contribution in [1.29, 1.82) is 5.26 Å². The molecule has 1 aromatic rings. The van der Waals surface area contributed by atoms with Crippen LogP contribution in [0.25, 0.3) is 0 Å². The third-order valence-electron chi connectivity index (χ3n) is 2.89. The molecular formula is C14H19N3O5. The van der Waals surface area contributed by atoms with Crippen molar-refractivity contribution in [2.75, 3.05) is 13.2 Å². The van der Waals surface area contributed by atoms with E-state index in [9.17, 15) is 15.2 Å². The van der Waals surface area contributed by atoms with Crippen LogP contribution in [0.4, 0.5) is 0 Å². The quantitative estimate of drug-likeness (QED) is 0.379. The van der Waals surface area contributed by atoms with Crippen molar-refractivity contribution in [3.8, 4) is 11.8 Å². The number of nitrogens with one attached hydrogen (secondary N) is 1. The van der Waals surface area contributed by atoms with Crippen LogP contribution in [0.2, 0.25) is 0 Å². The third-order valence-corrected chi connectivity index (χ3v) is 2.89. The predicted molar refractivity (Wildman–Crippen MR) is 77.4 cm³/mol. The van der Waals surface area contributed by atoms with E-state index in [1.165, 1.54) is 0 Å². The number of ether oxygens (including phenoxy) is 1. The van der Waals surface area contributed by atoms with Crippen molar-refractivity contribution in [3.05, 3.63) is 39.9 Å². The first kappa shape index (κ1) is 17.7. The van der Waals surface area contributed by atoms with E-state index >= 15 is 0 Å². The number of aliphatic hydroxyl groups excluding tert-OH is 1. The molecule has 2 unspecified atom stereocenters. The van der Waals surface area contributed by atoms with Crippen molar-refractivity contribution in [3.63, 3.8) is 0 Å². The molecule has 0 fully saturated rings. The van der Waals surface area contributed by atoms with Gasteiger partial charge in [0.15, 0.2) is 6.29 Å². The van der Waals surface area contributed by atoms with Crippen LogP contribution < -0.4 is 10.1 Å². The van der Waals surface area contributed by atoms with Gasteiger partial charge < -0.3 is 20.0 Å². The average molecular weight is 309 g/mol. The zero-order valence-electron chi connectivity index (χ0n) is 12.3. The predicted octanol–water partition coefficient (Wildman–Crippen LogP) is 1.22. The largest absolute Gasteiger partial charge is 0.465 e. The molecule has 2 atom stereocenters. The Hall–Kier alpha value is -2.37. The highest BCUT2D eigenvalue weighted by Crippen LogP contribution is 2.13. The van der Waals surface area contributed by atoms with Gasteiger partial charge in [0.2, 0.25) is 0 Å². The van der Waals surface area contributed by atoms with E-state index in [2.05, 4.69) is 10.2 Å². The molecule has 0 bridgehead atoms. The minimum Gasteiger partial charge on any atom is -0.465 e. The Bertz CT molecular complexity index is 500. The zero-order chi connectivity index (χ0) is 16.4. The Morgan fingerprint density at radius 2 is 2.09 bits per heavy atom. The van der Waals surface area contributed by atoms with E-state index in [0.717, 1.165) is 0 Å². The third kappa shape index (κ3) is 7.42. The first-order valence-electron chi connectivity index (χ1n) is 6.87. The number of nitriles is 1. The van der Waals surface area contributed by atoms with E-state index < -0.39 is 11.4 Å². The van der Waals surface area contributed by atoms with Crippen molar-refractivity contribution in [2.45, 2.75) is 32.1 Å². The number of aliphatic hydroxyl groups is 1. The maximum atomic E-state index is 9.99. The number of hydrogen-bond acceptors (Lipinski definition) is 7. The lowest BCUT2D eigenvalue weighted by atomic mass is 10.2. The molecule has 0 aliphatic heterocycles. The van der Waals surface area contributed by atoms with Gasteiger partial charge >= 0.3 is 0 Å². The van der Waals surface area contributed by atoms with Crippen LogP contribution >= 0.6 is 0 Å². The number of benzene rings is 1. The lowest BCUT2D eigenvalue weighted by Crippen LogP contribution is -2.31. The Morgan fingerprint density at radius 3 is 2.68 bits per heavy atom. The minimum absolute atomic E-state index is 0.0297. The molecule has 0 spiro atoms. The molecule has 8 heteroatoms. The fraction of sp³-hybridized carbons (Fsp3) is 0.500. The summed E-state index contributed by atoms with van der Waals surface area (Å²) in [5.74, 6) is 0.485. The second-order valence-electron chi connectivity index (χ2n) is 4.70. The highest BCUT2D eigenvalue weighted by Gasteiger charge is 2.08. The normalized spacial score (nSPS) is 13.0. The van der Waals surface area contributed by atoms with Crippen molar-refractivity contribution in [1.82, 2.24) is 5.32 Å². The molecule has 1 rings (SSSR count). The summed E-state index contributed by atoms with van der Waals surface area (Å²) in [5, 5.41) is 30.7. The molecule has 0 saturated carbocycles. The summed E-state index contributed by atoms with van der Waals surface area (Å²) >= 11 is 0. The summed E-state index contributed by atoms with van der Waals surface area (Å²) < 4.78 is 5.30. The van der Waals surface area contributed by atoms with Crippen LogP contribution in [0.1, 0.15) is 25.3 Å². The minimum atomic E-state index is -0.970. The molecule has 0 aromatic heterocycles. The Morgan fingerprint density at radius 1 is 1.41 bits per heavy atom. The van der Waals surface area contributed by atoms with E-state index in [4.69, 9.17) is 10.00 Å². The Kier molecular flexibility index (Phi) is 7.67. The molecule has 1 aromatic carbocycles. The number of nitrogens with zero attached hydrogens (tertiary/aromatic N) is 2. The molecule has 2 N–H and O–H groups in total. The highest BCUT2D eigenvalue weighted by molar-refractivity contribution is 5.34. The lowest BCUT2D eigenvalue weighted by molar-refractivity contribution is -0.757. The van der Waals surface area contributed by atoms with Crippen molar-refractivity contribution < 1.29 is 19.8 Å². The summed E-state index contributed by atoms with van der Waals surface area (Å²) in [6.45, 7) is 2.40. The summed E-state index contributed by atoms with van der Waals surface area (Å²) in [6, 6.07) is 8.48. The second-order valence-corrected chi connectivity index (χ2v) is 4.70. The summed E-state index contributed by atoms with van der Waals surface area (Å²) in [4.78, 5) is 14.2. The molecule has 0 heterocycles. The van der Waals surface area contributed by atoms with Gasteiger partial charge in [0.25, 0.3) is 5.09 Å². The van der Waals surface area contributed by atoms with Crippen LogP contribution in [0.3, 0.4) is 0 Å². The van der Waals surface area contributed by atoms with Gasteiger partial charge in [-0.15, -0.1) is 10.1 Å². The first-order chi connectivity index (χ1) is 10.5. The average Bonchev–Trinajstić information content (AvgIpc) is 2.47. The van der Waals surface area contributed by atoms with Gasteiger partial charge in [0.1, 0.15) is 5.75 Å². The molecule has 0 saturated heterocycles. The van der Waals surface area contributed by atoms with Gasteiger partial charge in [0.05, 0.1) is 18.2 Å². The van der Waals surface area contributed by atoms with E-state index in [1.54, 1.807) is 24.3 Å². The Balaban J connectivity index is 2.18. The van der Waals surface area contributed by atoms with Gasteiger partial charge in [-0.3, -0.25) is 0 Å². The monoisotopic (exact) mass is 309 g/mol. The maximum absolute atomic E-state index is 9.99. The van der Waals surface area contributed by atoms with Crippen LogP contribution in [-0.4, -0.2) is 35.7 Å². The standard InChI is InChI=1S/C14H19N3O5/c1-11(7-9-21-17(19)20)16-8-6-14(18)22-13-4-2-12(10-15)3-5-13/h2-5,11,14,16,18H,6-9H2,1H3. The van der Waals surface area contributed by atoms with E-state index in [-0.39, 0.29) is 12.6 Å². The van der Waals surface area contributed by atoms with Crippen molar-refractivity contribution in [2.24, 2.45) is 0 Å². The topological polar surface area (TPSA) is 118 Å². The maximum Gasteiger partial charge on any atom is 0.294 e. The van der Waals surface area contributed by atoms with E-state index in [1.807, 2.05) is 13.0 Å². The summed E-state index contributed by atoms with van der Waals surface area (Å²) in [7, 11) is 0. The fourth-order valence-corrected chi connectivity index (χ4v) is 1.68. The molecule has 0 radical (unpaired) electrons. The molecule has 0 aliphatic rings. The number of hydrogen-bond donors (Lipinski definition) is 2. The van der Waals surface area contributed by atoms with Crippen LogP contribution in [0.15, 0.2) is 24.3 Å². The van der Waals surface area contributed by atoms with Crippen LogP contribution in [-0.2, 0) is 4.84 Å². The van der Waals surface area contributed by atoms with E-state index in [0.29, 0.717) is 30.7 Å². The lowest BCUT2D eigenvalue weighted by Gasteiger charge is -2.16. The van der Waals surface area contributed by atoms with Gasteiger partial charge in [-0.25, -0.2) is 0 Å². The van der Waals surface area contributed by atoms with Gasteiger partial charge in [-0.1, -0.05) is 0 Å². The number of rotatable bonds is 10. The molecule has 8 nitrogen and oxygen atoms in total. The summed E-state index contributed by atoms with van der Waals surface area (Å²) in [5.41, 5.74) is 0.522. The second kappa shape index (κ2) is 9.55. The van der Waals surface area contributed by atoms with Gasteiger partial charge in [-0.2, -0.15) is 5.26 Å². The smallest absolute Gasteiger partial charge is 0.294 e. The van der Waals surface area contributed by atoms with Crippen LogP contribution in [0.5, 0.6) is 5.75 Å². The molecule has 0 amide bonds. The van der Waals surface area contributed by atoms with Gasteiger partial charge in [0, 0.05) is 19.0 Å². The fourth-order valence-electron chi connectivity index (χ4n) is 1.68. The SMILES string of the molecule is CC(CCO[N+](=O)[O-])NCCC(O)Oc1ccc(C#N)cc1. The van der Waals surface area contributed by atoms with Crippen molar-refractivity contribution >= 4 is 0 Å². The van der Waals surface area contributed by atoms with Gasteiger partial charge in [-0.05, 0) is 37.6 Å². The molecule has 0 aliphatic carbocycles. The molecule has 22 heavy (non-hydrogen) atoms. The zero-order valence-corrected chi connectivity index (χ0v) is 12.3. The summed E-state index contributed by atoms with van der Waals surface area (Å²) in [6.07, 6.45) is -0.115. The Labute approximate surface area is 128 Å². The molecular weight excluding hydrogens is 290 g/mol. The highest BCUT2D eigenvalue weighted by atomic mass is 16.9. The molecule has 120 valence electrons. The van der Waals surface area contributed by atoms with Crippen LogP contribution in [0, 0.1) is 21.4 Å². The first-order valence-corrected chi connectivity index (χ1v) is 6.87.